The molecule has 0 bridgehead atoms. The van der Waals surface area contributed by atoms with Gasteiger partial charge >= 0.3 is 22.3 Å². The summed E-state index contributed by atoms with van der Waals surface area (Å²) < 4.78 is 41.9. The van der Waals surface area contributed by atoms with Crippen LogP contribution in [0.4, 0.5) is 15.3 Å². The maximum absolute atomic E-state index is 13.3. The van der Waals surface area contributed by atoms with Crippen LogP contribution in [-0.4, -0.2) is 56.9 Å². The van der Waals surface area contributed by atoms with Crippen LogP contribution in [-0.2, 0) is 23.9 Å². The van der Waals surface area contributed by atoms with Crippen molar-refractivity contribution in [3.8, 4) is 0 Å². The number of alkyl carbamates (subject to hydrolysis) is 1. The molecule has 11 nitrogen and oxygen atoms in total. The van der Waals surface area contributed by atoms with Crippen LogP contribution < -0.4 is 10.2 Å². The molecule has 0 spiro atoms. The summed E-state index contributed by atoms with van der Waals surface area (Å²) in [6.45, 7) is 9.46. The number of hydrogen-bond donors (Lipinski definition) is 2. The number of hydrogen-bond acceptors (Lipinski definition) is 9. The molecule has 0 saturated carbocycles. The highest BCUT2D eigenvalue weighted by molar-refractivity contribution is 7.87. The van der Waals surface area contributed by atoms with Crippen LogP contribution in [0, 0.1) is 5.41 Å². The highest BCUT2D eigenvalue weighted by Gasteiger charge is 2.34. The van der Waals surface area contributed by atoms with E-state index in [4.69, 9.17) is 19.2 Å². The first kappa shape index (κ1) is 27.9. The van der Waals surface area contributed by atoms with Gasteiger partial charge in [0.15, 0.2) is 0 Å². The molecular formula is C23H32N4O7S. The lowest BCUT2D eigenvalue weighted by Crippen LogP contribution is -2.50. The van der Waals surface area contributed by atoms with E-state index >= 15 is 0 Å². The van der Waals surface area contributed by atoms with Crippen molar-refractivity contribution in [2.75, 3.05) is 19.0 Å². The molecule has 2 rings (SSSR count). The van der Waals surface area contributed by atoms with Gasteiger partial charge in [-0.1, -0.05) is 24.3 Å². The lowest BCUT2D eigenvalue weighted by Gasteiger charge is -2.27. The van der Waals surface area contributed by atoms with Gasteiger partial charge in [-0.05, 0) is 53.7 Å². The van der Waals surface area contributed by atoms with Crippen LogP contribution in [0.3, 0.4) is 0 Å². The SMILES string of the molecule is CN(C)c1cccc2c(S(=O)(=O)ON(C(=N)NC(=O)OC(C)(C)C)C(=O)OC(C)(C)C)cccc12. The highest BCUT2D eigenvalue weighted by atomic mass is 32.2. The number of nitrogens with one attached hydrogen (secondary N) is 2. The van der Waals surface area contributed by atoms with Crippen molar-refractivity contribution in [1.82, 2.24) is 10.4 Å². The molecule has 12 heteroatoms. The van der Waals surface area contributed by atoms with E-state index in [2.05, 4.69) is 0 Å². The van der Waals surface area contributed by atoms with Crippen molar-refractivity contribution >= 4 is 44.7 Å². The molecule has 2 amide bonds. The Kier molecular flexibility index (Phi) is 8.03. The molecule has 35 heavy (non-hydrogen) atoms. The molecular weight excluding hydrogens is 476 g/mol. The van der Waals surface area contributed by atoms with Gasteiger partial charge in [-0.2, -0.15) is 8.42 Å². The van der Waals surface area contributed by atoms with E-state index < -0.39 is 39.5 Å². The van der Waals surface area contributed by atoms with Crippen LogP contribution in [0.5, 0.6) is 0 Å². The monoisotopic (exact) mass is 508 g/mol. The summed E-state index contributed by atoms with van der Waals surface area (Å²) in [6, 6.07) is 9.71. The van der Waals surface area contributed by atoms with Crippen LogP contribution in [0.1, 0.15) is 41.5 Å². The fraction of sp³-hybridized carbons (Fsp3) is 0.435. The largest absolute Gasteiger partial charge is 0.444 e. The van der Waals surface area contributed by atoms with Crippen LogP contribution in [0.2, 0.25) is 0 Å². The number of hydroxylamine groups is 2. The Hall–Kier alpha value is -3.38. The fourth-order valence-electron chi connectivity index (χ4n) is 2.92. The first-order chi connectivity index (χ1) is 15.9. The first-order valence-electron chi connectivity index (χ1n) is 10.7. The molecule has 0 aliphatic heterocycles. The summed E-state index contributed by atoms with van der Waals surface area (Å²) in [5.41, 5.74) is -1.18. The third-order valence-corrected chi connectivity index (χ3v) is 5.40. The number of carbonyl (C=O) groups excluding carboxylic acids is 2. The third kappa shape index (κ3) is 7.55. The highest BCUT2D eigenvalue weighted by Crippen LogP contribution is 2.31. The zero-order valence-corrected chi connectivity index (χ0v) is 21.9. The van der Waals surface area contributed by atoms with Gasteiger partial charge < -0.3 is 14.4 Å². The summed E-state index contributed by atoms with van der Waals surface area (Å²) in [5, 5.41) is 11.2. The maximum atomic E-state index is 13.3. The Morgan fingerprint density at radius 1 is 0.886 bits per heavy atom. The normalized spacial score (nSPS) is 12.1. The van der Waals surface area contributed by atoms with E-state index in [1.54, 1.807) is 59.7 Å². The third-order valence-electron chi connectivity index (χ3n) is 4.16. The van der Waals surface area contributed by atoms with Gasteiger partial charge in [0.25, 0.3) is 0 Å². The van der Waals surface area contributed by atoms with Gasteiger partial charge in [-0.15, -0.1) is 9.35 Å². The number of anilines is 1. The molecule has 0 heterocycles. The molecule has 0 unspecified atom stereocenters. The smallest absolute Gasteiger partial charge is 0.443 e. The number of guanidine groups is 1. The minimum Gasteiger partial charge on any atom is -0.444 e. The van der Waals surface area contributed by atoms with Crippen molar-refractivity contribution in [1.29, 1.82) is 5.41 Å². The second kappa shape index (κ2) is 10.1. The molecule has 0 radical (unpaired) electrons. The molecule has 0 fully saturated rings. The Bertz CT molecular complexity index is 1230. The predicted molar refractivity (Wildman–Crippen MR) is 132 cm³/mol. The molecule has 2 aromatic rings. The average molecular weight is 509 g/mol. The zero-order chi connectivity index (χ0) is 26.8. The van der Waals surface area contributed by atoms with Gasteiger partial charge in [0.1, 0.15) is 16.1 Å². The van der Waals surface area contributed by atoms with Crippen LogP contribution >= 0.6 is 0 Å². The van der Waals surface area contributed by atoms with Crippen molar-refractivity contribution in [3.05, 3.63) is 36.4 Å². The van der Waals surface area contributed by atoms with Gasteiger partial charge in [0, 0.05) is 30.6 Å². The molecule has 2 N–H and O–H groups in total. The zero-order valence-electron chi connectivity index (χ0n) is 21.1. The van der Waals surface area contributed by atoms with Gasteiger partial charge in [0.05, 0.1) is 0 Å². The van der Waals surface area contributed by atoms with E-state index in [1.165, 1.54) is 12.1 Å². The standard InChI is InChI=1S/C23H32N4O7S/c1-22(2,3)32-20(28)25-19(24)27(21(29)33-23(4,5)6)34-35(30,31)18-14-10-11-15-16(18)12-9-13-17(15)26(7)8/h9-14H,1-8H3,(H2,24,25,28). The van der Waals surface area contributed by atoms with E-state index in [9.17, 15) is 18.0 Å². The second-order valence-corrected chi connectivity index (χ2v) is 11.3. The molecule has 0 saturated heterocycles. The van der Waals surface area contributed by atoms with E-state index in [0.717, 1.165) is 5.69 Å². The molecule has 0 aliphatic rings. The molecule has 0 atom stereocenters. The number of fused-ring (bicyclic) bond motifs is 1. The van der Waals surface area contributed by atoms with Crippen molar-refractivity contribution in [3.63, 3.8) is 0 Å². The Morgan fingerprint density at radius 2 is 1.43 bits per heavy atom. The summed E-state index contributed by atoms with van der Waals surface area (Å²) in [6.07, 6.45) is -2.41. The molecule has 0 aromatic heterocycles. The number of benzene rings is 2. The Morgan fingerprint density at radius 3 is 1.97 bits per heavy atom. The van der Waals surface area contributed by atoms with Gasteiger partial charge in [-0.25, -0.2) is 9.59 Å². The van der Waals surface area contributed by atoms with Gasteiger partial charge in [0.2, 0.25) is 5.96 Å². The quantitative estimate of drug-likeness (QED) is 0.356. The summed E-state index contributed by atoms with van der Waals surface area (Å²) in [4.78, 5) is 26.5. The van der Waals surface area contributed by atoms with Crippen molar-refractivity contribution in [2.24, 2.45) is 0 Å². The minimum absolute atomic E-state index is 0.0547. The van der Waals surface area contributed by atoms with Crippen molar-refractivity contribution < 1.29 is 31.8 Å². The molecule has 0 aliphatic carbocycles. The lowest BCUT2D eigenvalue weighted by molar-refractivity contribution is -0.0292. The minimum atomic E-state index is -4.67. The second-order valence-electron chi connectivity index (χ2n) is 9.80. The van der Waals surface area contributed by atoms with Crippen LogP contribution in [0.15, 0.2) is 41.3 Å². The Balaban J connectivity index is 2.48. The topological polar surface area (TPSA) is 138 Å². The maximum Gasteiger partial charge on any atom is 0.443 e. The van der Waals surface area contributed by atoms with E-state index in [-0.39, 0.29) is 9.96 Å². The van der Waals surface area contributed by atoms with Crippen molar-refractivity contribution in [2.45, 2.75) is 57.6 Å². The summed E-state index contributed by atoms with van der Waals surface area (Å²) in [7, 11) is -1.03. The number of ether oxygens (including phenoxy) is 2. The number of rotatable bonds is 4. The lowest BCUT2D eigenvalue weighted by atomic mass is 10.1. The van der Waals surface area contributed by atoms with E-state index in [1.807, 2.05) is 30.4 Å². The van der Waals surface area contributed by atoms with Crippen LogP contribution in [0.25, 0.3) is 10.8 Å². The number of carbonyl (C=O) groups is 2. The predicted octanol–water partition coefficient (Wildman–Crippen LogP) is 4.22. The molecule has 2 aromatic carbocycles. The summed E-state index contributed by atoms with van der Waals surface area (Å²) in [5.74, 6) is -1.01. The summed E-state index contributed by atoms with van der Waals surface area (Å²) >= 11 is 0. The number of amides is 2. The van der Waals surface area contributed by atoms with Gasteiger partial charge in [-0.3, -0.25) is 10.7 Å². The fourth-order valence-corrected chi connectivity index (χ4v) is 4.03. The molecule has 192 valence electrons. The average Bonchev–Trinajstić information content (AvgIpc) is 2.68. The Labute approximate surface area is 205 Å². The first-order valence-corrected chi connectivity index (χ1v) is 12.1. The number of nitrogens with zero attached hydrogens (tertiary/aromatic N) is 2. The van der Waals surface area contributed by atoms with E-state index in [0.29, 0.717) is 10.8 Å².